The van der Waals surface area contributed by atoms with Crippen molar-refractivity contribution in [3.05, 3.63) is 119 Å². The Morgan fingerprint density at radius 3 is 2.09 bits per heavy atom. The van der Waals surface area contributed by atoms with E-state index in [1.54, 1.807) is 7.11 Å². The van der Waals surface area contributed by atoms with Gasteiger partial charge in [-0.05, 0) is 48.7 Å². The highest BCUT2D eigenvalue weighted by atomic mass is 16.7. The number of rotatable bonds is 7. The van der Waals surface area contributed by atoms with E-state index in [1.807, 2.05) is 18.2 Å². The largest absolute Gasteiger partial charge is 0.497 e. The summed E-state index contributed by atoms with van der Waals surface area (Å²) in [5.74, 6) is 2.82. The monoisotopic (exact) mass is 453 g/mol. The number of nitrogens with zero attached hydrogens (tertiary/aromatic N) is 1. The zero-order valence-electron chi connectivity index (χ0n) is 20.0. The molecule has 0 fully saturated rings. The first-order valence-corrected chi connectivity index (χ1v) is 12.0. The molecule has 0 saturated heterocycles. The van der Waals surface area contributed by atoms with Crippen molar-refractivity contribution in [1.82, 2.24) is 0 Å². The number of hydroxylamine groups is 1. The average molecular weight is 454 g/mol. The first kappa shape index (κ1) is 22.3. The van der Waals surface area contributed by atoms with Crippen molar-refractivity contribution in [3.8, 4) is 5.75 Å². The standard InChI is InChI=1S/C30H31NO3/c1-4-5-16-26-28-27(21(2)33-26)30(23-14-10-7-11-15-23)34-31(24-17-19-25(32-3)20-18-24)29(28)22-12-8-6-9-13-22/h6-15,17-20,29-30H,4-5,16H2,1-3H3. The van der Waals surface area contributed by atoms with Gasteiger partial charge in [0.05, 0.1) is 12.8 Å². The van der Waals surface area contributed by atoms with Gasteiger partial charge in [0.15, 0.2) is 0 Å². The van der Waals surface area contributed by atoms with Crippen LogP contribution in [0.1, 0.15) is 65.7 Å². The maximum atomic E-state index is 6.86. The van der Waals surface area contributed by atoms with Gasteiger partial charge in [-0.1, -0.05) is 74.0 Å². The lowest BCUT2D eigenvalue weighted by molar-refractivity contribution is 0.0304. The van der Waals surface area contributed by atoms with E-state index in [0.29, 0.717) is 0 Å². The number of benzene rings is 3. The van der Waals surface area contributed by atoms with Gasteiger partial charge in [0.2, 0.25) is 0 Å². The summed E-state index contributed by atoms with van der Waals surface area (Å²) in [6, 6.07) is 28.9. The second kappa shape index (κ2) is 9.78. The quantitative estimate of drug-likeness (QED) is 0.289. The number of unbranched alkanes of at least 4 members (excludes halogenated alkanes) is 1. The van der Waals surface area contributed by atoms with Crippen LogP contribution in [0.5, 0.6) is 5.75 Å². The van der Waals surface area contributed by atoms with Gasteiger partial charge in [0.1, 0.15) is 29.4 Å². The van der Waals surface area contributed by atoms with Crippen LogP contribution in [0.25, 0.3) is 0 Å². The number of methoxy groups -OCH3 is 1. The first-order valence-electron chi connectivity index (χ1n) is 12.0. The van der Waals surface area contributed by atoms with Gasteiger partial charge in [0.25, 0.3) is 0 Å². The summed E-state index contributed by atoms with van der Waals surface area (Å²) in [6.45, 7) is 4.29. The maximum Gasteiger partial charge on any atom is 0.139 e. The molecule has 4 heteroatoms. The van der Waals surface area contributed by atoms with E-state index in [-0.39, 0.29) is 12.1 Å². The van der Waals surface area contributed by atoms with Gasteiger partial charge in [-0.3, -0.25) is 4.84 Å². The Hall–Kier alpha value is -3.50. The molecule has 1 aliphatic heterocycles. The predicted molar refractivity (Wildman–Crippen MR) is 135 cm³/mol. The van der Waals surface area contributed by atoms with Crippen molar-refractivity contribution >= 4 is 5.69 Å². The molecule has 5 rings (SSSR count). The molecule has 0 saturated carbocycles. The van der Waals surface area contributed by atoms with Crippen LogP contribution < -0.4 is 9.80 Å². The third-order valence-corrected chi connectivity index (χ3v) is 6.54. The molecule has 3 aromatic carbocycles. The smallest absolute Gasteiger partial charge is 0.139 e. The third kappa shape index (κ3) is 4.10. The van der Waals surface area contributed by atoms with Crippen molar-refractivity contribution < 1.29 is 14.0 Å². The zero-order valence-corrected chi connectivity index (χ0v) is 20.0. The first-order chi connectivity index (χ1) is 16.7. The number of hydrogen-bond acceptors (Lipinski definition) is 4. The lowest BCUT2D eigenvalue weighted by Gasteiger charge is -2.41. The molecule has 2 heterocycles. The molecule has 2 atom stereocenters. The minimum atomic E-state index is -0.252. The van der Waals surface area contributed by atoms with Gasteiger partial charge in [-0.2, -0.15) is 0 Å². The van der Waals surface area contributed by atoms with Crippen LogP contribution in [-0.2, 0) is 11.3 Å². The molecule has 0 amide bonds. The molecule has 34 heavy (non-hydrogen) atoms. The maximum absolute atomic E-state index is 6.86. The van der Waals surface area contributed by atoms with Crippen LogP contribution in [0.3, 0.4) is 0 Å². The molecule has 0 bridgehead atoms. The van der Waals surface area contributed by atoms with Crippen LogP contribution >= 0.6 is 0 Å². The molecule has 0 N–H and O–H groups in total. The van der Waals surface area contributed by atoms with Crippen molar-refractivity contribution in [2.45, 2.75) is 45.3 Å². The summed E-state index contributed by atoms with van der Waals surface area (Å²) in [7, 11) is 1.69. The second-order valence-electron chi connectivity index (χ2n) is 8.75. The van der Waals surface area contributed by atoms with Crippen molar-refractivity contribution in [1.29, 1.82) is 0 Å². The normalized spacial score (nSPS) is 17.4. The zero-order chi connectivity index (χ0) is 23.5. The van der Waals surface area contributed by atoms with Crippen LogP contribution in [0.4, 0.5) is 5.69 Å². The van der Waals surface area contributed by atoms with Crippen LogP contribution in [0, 0.1) is 6.92 Å². The minimum absolute atomic E-state index is 0.117. The molecule has 1 aliphatic rings. The summed E-state index contributed by atoms with van der Waals surface area (Å²) in [6.07, 6.45) is 2.86. The number of aryl methyl sites for hydroxylation is 2. The molecular formula is C30H31NO3. The molecule has 0 spiro atoms. The minimum Gasteiger partial charge on any atom is -0.497 e. The number of ether oxygens (including phenoxy) is 1. The van der Waals surface area contributed by atoms with E-state index in [9.17, 15) is 0 Å². The molecule has 2 unspecified atom stereocenters. The van der Waals surface area contributed by atoms with E-state index >= 15 is 0 Å². The Labute approximate surface area is 201 Å². The molecule has 4 nitrogen and oxygen atoms in total. The fourth-order valence-electron chi connectivity index (χ4n) is 4.86. The molecule has 4 aromatic rings. The van der Waals surface area contributed by atoms with Crippen molar-refractivity contribution in [2.24, 2.45) is 0 Å². The Morgan fingerprint density at radius 1 is 0.824 bits per heavy atom. The van der Waals surface area contributed by atoms with Crippen LogP contribution in [-0.4, -0.2) is 7.11 Å². The molecular weight excluding hydrogens is 422 g/mol. The van der Waals surface area contributed by atoms with Crippen molar-refractivity contribution in [2.75, 3.05) is 12.2 Å². The Balaban J connectivity index is 1.73. The van der Waals surface area contributed by atoms with Crippen molar-refractivity contribution in [3.63, 3.8) is 0 Å². The van der Waals surface area contributed by atoms with Gasteiger partial charge < -0.3 is 9.15 Å². The van der Waals surface area contributed by atoms with E-state index in [2.05, 4.69) is 85.6 Å². The highest BCUT2D eigenvalue weighted by molar-refractivity contribution is 5.57. The average Bonchev–Trinajstić information content (AvgIpc) is 3.23. The van der Waals surface area contributed by atoms with Crippen LogP contribution in [0.2, 0.25) is 0 Å². The molecule has 0 aliphatic carbocycles. The number of hydrogen-bond donors (Lipinski definition) is 0. The summed E-state index contributed by atoms with van der Waals surface area (Å²) in [5, 5.41) is 2.05. The molecule has 1 aromatic heterocycles. The van der Waals surface area contributed by atoms with E-state index in [0.717, 1.165) is 53.3 Å². The Bertz CT molecular complexity index is 1220. The number of fused-ring (bicyclic) bond motifs is 1. The lowest BCUT2D eigenvalue weighted by atomic mass is 9.87. The van der Waals surface area contributed by atoms with E-state index < -0.39 is 0 Å². The van der Waals surface area contributed by atoms with Gasteiger partial charge in [-0.25, -0.2) is 5.06 Å². The van der Waals surface area contributed by atoms with Crippen LogP contribution in [0.15, 0.2) is 89.3 Å². The lowest BCUT2D eigenvalue weighted by Crippen LogP contribution is -2.37. The fourth-order valence-corrected chi connectivity index (χ4v) is 4.86. The fraction of sp³-hybridized carbons (Fsp3) is 0.267. The van der Waals surface area contributed by atoms with E-state index in [1.165, 1.54) is 11.1 Å². The van der Waals surface area contributed by atoms with Gasteiger partial charge in [-0.15, -0.1) is 0 Å². The molecule has 0 radical (unpaired) electrons. The Morgan fingerprint density at radius 2 is 1.47 bits per heavy atom. The Kier molecular flexibility index (Phi) is 6.41. The highest BCUT2D eigenvalue weighted by Crippen LogP contribution is 2.49. The summed E-state index contributed by atoms with van der Waals surface area (Å²) >= 11 is 0. The van der Waals surface area contributed by atoms with Gasteiger partial charge >= 0.3 is 0 Å². The highest BCUT2D eigenvalue weighted by Gasteiger charge is 2.41. The second-order valence-corrected chi connectivity index (χ2v) is 8.75. The number of furan rings is 1. The van der Waals surface area contributed by atoms with E-state index in [4.69, 9.17) is 14.0 Å². The summed E-state index contributed by atoms with van der Waals surface area (Å²) in [4.78, 5) is 6.86. The summed E-state index contributed by atoms with van der Waals surface area (Å²) < 4.78 is 11.9. The van der Waals surface area contributed by atoms with Gasteiger partial charge in [0, 0.05) is 17.5 Å². The SMILES string of the molecule is CCCCc1oc(C)c2c1C(c1ccccc1)N(c1ccc(OC)cc1)OC2c1ccccc1. The predicted octanol–water partition coefficient (Wildman–Crippen LogP) is 7.57. The topological polar surface area (TPSA) is 34.8 Å². The summed E-state index contributed by atoms with van der Waals surface area (Å²) in [5.41, 5.74) is 5.63. The third-order valence-electron chi connectivity index (χ3n) is 6.54. The molecule has 174 valence electrons. The number of anilines is 1.